The molecule has 0 bridgehead atoms. The Balaban J connectivity index is 2.02. The number of aryl methyl sites for hydroxylation is 1. The minimum absolute atomic E-state index is 0.205. The average Bonchev–Trinajstić information content (AvgIpc) is 2.61. The molecular formula is C20H16N2O5. The molecule has 0 atom stereocenters. The third-order valence-corrected chi connectivity index (χ3v) is 3.87. The summed E-state index contributed by atoms with van der Waals surface area (Å²) in [4.78, 5) is 49.4. The first-order chi connectivity index (χ1) is 12.9. The summed E-state index contributed by atoms with van der Waals surface area (Å²) in [6.45, 7) is 3.13. The van der Waals surface area contributed by atoms with Gasteiger partial charge >= 0.3 is 12.0 Å². The van der Waals surface area contributed by atoms with Crippen LogP contribution in [0.2, 0.25) is 0 Å². The topological polar surface area (TPSA) is 92.8 Å². The SMILES string of the molecule is CC(=O)Oc1ccccc1/C=C1/C(=O)NC(=O)N(c2ccc(C)cc2)C1=O. The minimum atomic E-state index is -0.820. The van der Waals surface area contributed by atoms with Crippen LogP contribution in [0.3, 0.4) is 0 Å². The lowest BCUT2D eigenvalue weighted by Gasteiger charge is -2.26. The Bertz CT molecular complexity index is 976. The third kappa shape index (κ3) is 3.77. The molecule has 1 N–H and O–H groups in total. The number of carbonyl (C=O) groups is 4. The van der Waals surface area contributed by atoms with Crippen LogP contribution in [0.4, 0.5) is 10.5 Å². The van der Waals surface area contributed by atoms with Gasteiger partial charge in [-0.15, -0.1) is 0 Å². The van der Waals surface area contributed by atoms with E-state index in [9.17, 15) is 19.2 Å². The van der Waals surface area contributed by atoms with E-state index in [0.717, 1.165) is 10.5 Å². The molecule has 0 aliphatic carbocycles. The van der Waals surface area contributed by atoms with Crippen LogP contribution in [0.1, 0.15) is 18.1 Å². The third-order valence-electron chi connectivity index (χ3n) is 3.87. The second-order valence-electron chi connectivity index (χ2n) is 5.92. The molecule has 2 aromatic rings. The molecule has 0 unspecified atom stereocenters. The van der Waals surface area contributed by atoms with E-state index in [0.29, 0.717) is 11.3 Å². The molecule has 0 aromatic heterocycles. The molecule has 4 amide bonds. The van der Waals surface area contributed by atoms with Gasteiger partial charge in [0.1, 0.15) is 11.3 Å². The molecule has 136 valence electrons. The molecule has 7 heteroatoms. The monoisotopic (exact) mass is 364 g/mol. The standard InChI is InChI=1S/C20H16N2O5/c1-12-7-9-15(10-8-12)22-19(25)16(18(24)21-20(22)26)11-14-5-3-4-6-17(14)27-13(2)23/h3-11H,1-2H3,(H,21,24,26)/b16-11-. The summed E-state index contributed by atoms with van der Waals surface area (Å²) in [5.41, 5.74) is 1.43. The van der Waals surface area contributed by atoms with Gasteiger partial charge in [-0.25, -0.2) is 9.69 Å². The van der Waals surface area contributed by atoms with E-state index >= 15 is 0 Å². The van der Waals surface area contributed by atoms with Crippen LogP contribution in [0.25, 0.3) is 6.08 Å². The number of esters is 1. The van der Waals surface area contributed by atoms with Gasteiger partial charge in [0.15, 0.2) is 0 Å². The van der Waals surface area contributed by atoms with E-state index in [1.54, 1.807) is 48.5 Å². The number of urea groups is 1. The number of amides is 4. The smallest absolute Gasteiger partial charge is 0.335 e. The predicted octanol–water partition coefficient (Wildman–Crippen LogP) is 2.59. The van der Waals surface area contributed by atoms with Gasteiger partial charge < -0.3 is 4.74 Å². The molecule has 27 heavy (non-hydrogen) atoms. The number of anilines is 1. The van der Waals surface area contributed by atoms with Crippen molar-refractivity contribution in [3.05, 3.63) is 65.2 Å². The lowest BCUT2D eigenvalue weighted by molar-refractivity contribution is -0.132. The zero-order chi connectivity index (χ0) is 19.6. The maximum atomic E-state index is 12.8. The molecule has 1 fully saturated rings. The largest absolute Gasteiger partial charge is 0.426 e. The van der Waals surface area contributed by atoms with Crippen LogP contribution < -0.4 is 15.0 Å². The molecule has 0 saturated carbocycles. The van der Waals surface area contributed by atoms with Gasteiger partial charge in [-0.1, -0.05) is 35.9 Å². The van der Waals surface area contributed by atoms with Crippen LogP contribution in [-0.2, 0) is 14.4 Å². The lowest BCUT2D eigenvalue weighted by atomic mass is 10.1. The zero-order valence-electron chi connectivity index (χ0n) is 14.7. The molecule has 2 aromatic carbocycles. The van der Waals surface area contributed by atoms with Crippen LogP contribution in [-0.4, -0.2) is 23.8 Å². The average molecular weight is 364 g/mol. The number of ether oxygens (including phenoxy) is 1. The summed E-state index contributed by atoms with van der Waals surface area (Å²) in [7, 11) is 0. The summed E-state index contributed by atoms with van der Waals surface area (Å²) in [6.07, 6.45) is 1.30. The molecule has 1 heterocycles. The Kier molecular flexibility index (Phi) is 4.85. The zero-order valence-corrected chi connectivity index (χ0v) is 14.7. The van der Waals surface area contributed by atoms with Gasteiger partial charge in [0.2, 0.25) is 0 Å². The van der Waals surface area contributed by atoms with Gasteiger partial charge in [-0.05, 0) is 31.2 Å². The van der Waals surface area contributed by atoms with Gasteiger partial charge in [0.05, 0.1) is 5.69 Å². The number of para-hydroxylation sites is 1. The maximum Gasteiger partial charge on any atom is 0.335 e. The van der Waals surface area contributed by atoms with Crippen molar-refractivity contribution in [2.45, 2.75) is 13.8 Å². The van der Waals surface area contributed by atoms with Gasteiger partial charge in [0.25, 0.3) is 11.8 Å². The van der Waals surface area contributed by atoms with Crippen LogP contribution in [0.5, 0.6) is 5.75 Å². The number of rotatable bonds is 3. The fourth-order valence-electron chi connectivity index (χ4n) is 2.59. The van der Waals surface area contributed by atoms with Crippen molar-refractivity contribution < 1.29 is 23.9 Å². The molecule has 0 spiro atoms. The van der Waals surface area contributed by atoms with Crippen LogP contribution in [0, 0.1) is 6.92 Å². The number of benzene rings is 2. The van der Waals surface area contributed by atoms with Gasteiger partial charge in [-0.2, -0.15) is 0 Å². The first-order valence-electron chi connectivity index (χ1n) is 8.12. The fourth-order valence-corrected chi connectivity index (χ4v) is 2.59. The summed E-state index contributed by atoms with van der Waals surface area (Å²) < 4.78 is 5.10. The number of carbonyl (C=O) groups excluding carboxylic acids is 4. The Labute approximate surface area is 155 Å². The first kappa shape index (κ1) is 18.1. The van der Waals surface area contributed by atoms with Crippen molar-refractivity contribution >= 4 is 35.6 Å². The predicted molar refractivity (Wildman–Crippen MR) is 97.9 cm³/mol. The summed E-state index contributed by atoms with van der Waals surface area (Å²) in [5, 5.41) is 2.15. The van der Waals surface area contributed by atoms with Gasteiger partial charge in [-0.3, -0.25) is 19.7 Å². The quantitative estimate of drug-likeness (QED) is 0.391. The number of barbiturate groups is 1. The molecule has 3 rings (SSSR count). The van der Waals surface area contributed by atoms with E-state index in [2.05, 4.69) is 5.32 Å². The molecule has 1 aliphatic rings. The van der Waals surface area contributed by atoms with E-state index in [1.165, 1.54) is 13.0 Å². The van der Waals surface area contributed by atoms with E-state index in [1.807, 2.05) is 6.92 Å². The van der Waals surface area contributed by atoms with E-state index in [-0.39, 0.29) is 11.3 Å². The molecule has 0 radical (unpaired) electrons. The van der Waals surface area contributed by atoms with E-state index < -0.39 is 23.8 Å². The van der Waals surface area contributed by atoms with Crippen LogP contribution in [0.15, 0.2) is 54.1 Å². The van der Waals surface area contributed by atoms with Crippen LogP contribution >= 0.6 is 0 Å². The second-order valence-corrected chi connectivity index (χ2v) is 5.92. The van der Waals surface area contributed by atoms with Crippen molar-refractivity contribution in [1.29, 1.82) is 0 Å². The molecular weight excluding hydrogens is 348 g/mol. The summed E-state index contributed by atoms with van der Waals surface area (Å²) >= 11 is 0. The Morgan fingerprint density at radius 1 is 1.04 bits per heavy atom. The number of hydrogen-bond donors (Lipinski definition) is 1. The minimum Gasteiger partial charge on any atom is -0.426 e. The Hall–Kier alpha value is -3.74. The highest BCUT2D eigenvalue weighted by molar-refractivity contribution is 6.39. The highest BCUT2D eigenvalue weighted by Crippen LogP contribution is 2.25. The maximum absolute atomic E-state index is 12.8. The number of nitrogens with zero attached hydrogens (tertiary/aromatic N) is 1. The van der Waals surface area contributed by atoms with Crippen molar-refractivity contribution in [2.75, 3.05) is 4.90 Å². The highest BCUT2D eigenvalue weighted by Gasteiger charge is 2.36. The number of hydrogen-bond acceptors (Lipinski definition) is 5. The number of imide groups is 2. The molecule has 7 nitrogen and oxygen atoms in total. The first-order valence-corrected chi connectivity index (χ1v) is 8.12. The van der Waals surface area contributed by atoms with Crippen molar-refractivity contribution in [2.24, 2.45) is 0 Å². The molecule has 1 saturated heterocycles. The second kappa shape index (κ2) is 7.25. The molecule has 1 aliphatic heterocycles. The highest BCUT2D eigenvalue weighted by atomic mass is 16.5. The van der Waals surface area contributed by atoms with Crippen molar-refractivity contribution in [1.82, 2.24) is 5.32 Å². The lowest BCUT2D eigenvalue weighted by Crippen LogP contribution is -2.54. The normalized spacial score (nSPS) is 15.7. The Morgan fingerprint density at radius 2 is 1.70 bits per heavy atom. The summed E-state index contributed by atoms with van der Waals surface area (Å²) in [5.74, 6) is -1.90. The summed E-state index contributed by atoms with van der Waals surface area (Å²) in [6, 6.07) is 12.4. The van der Waals surface area contributed by atoms with E-state index in [4.69, 9.17) is 4.74 Å². The van der Waals surface area contributed by atoms with Gasteiger partial charge in [0, 0.05) is 12.5 Å². The van der Waals surface area contributed by atoms with Crippen molar-refractivity contribution in [3.8, 4) is 5.75 Å². The Morgan fingerprint density at radius 3 is 2.37 bits per heavy atom. The number of nitrogens with one attached hydrogen (secondary N) is 1. The van der Waals surface area contributed by atoms with Crippen molar-refractivity contribution in [3.63, 3.8) is 0 Å². The fraction of sp³-hybridized carbons (Fsp3) is 0.100.